The van der Waals surface area contributed by atoms with Gasteiger partial charge in [0.05, 0.1) is 25.9 Å². The zero-order chi connectivity index (χ0) is 32.4. The van der Waals surface area contributed by atoms with Crippen LogP contribution in [0.1, 0.15) is 37.5 Å². The molecule has 0 aromatic heterocycles. The first-order chi connectivity index (χ1) is 22.2. The lowest BCUT2D eigenvalue weighted by atomic mass is 9.70. The Hall–Kier alpha value is -4.34. The van der Waals surface area contributed by atoms with E-state index in [1.165, 1.54) is 6.92 Å². The predicted molar refractivity (Wildman–Crippen MR) is 180 cm³/mol. The van der Waals surface area contributed by atoms with Crippen LogP contribution < -0.4 is 20.4 Å². The van der Waals surface area contributed by atoms with Gasteiger partial charge in [-0.05, 0) is 69.9 Å². The van der Waals surface area contributed by atoms with Crippen molar-refractivity contribution < 1.29 is 38.4 Å². The molecule has 8 nitrogen and oxygen atoms in total. The molecule has 0 spiro atoms. The minimum absolute atomic E-state index is 0.168. The van der Waals surface area contributed by atoms with Crippen LogP contribution in [0.5, 0.6) is 11.5 Å². The smallest absolute Gasteiger partial charge is 0.491 e. The standard InChI is InChI=1S/C36H36B2O8/c1-23(44-24(2)39)36(46-38(41)29-13-9-6-10-14-29)21-33-32(34(22-36)45-37(40)28-11-7-5-8-12-28)20-27-17-25-15-16-30(42-3)18-26(25)19-31(27)35(33)43-4/h5-20,23,34,40-41H,21-22H2,1-4H3/t23-,34+,36+/m1/s1. The Balaban J connectivity index is 1.54. The molecule has 1 aliphatic carbocycles. The second kappa shape index (κ2) is 13.2. The molecule has 3 atom stereocenters. The molecule has 5 aromatic carbocycles. The van der Waals surface area contributed by atoms with Gasteiger partial charge in [-0.2, -0.15) is 0 Å². The fourth-order valence-electron chi connectivity index (χ4n) is 6.52. The Bertz CT molecular complexity index is 1850. The molecule has 46 heavy (non-hydrogen) atoms. The number of ether oxygens (including phenoxy) is 3. The number of hydrogen-bond acceptors (Lipinski definition) is 8. The first-order valence-electron chi connectivity index (χ1n) is 15.3. The maximum absolute atomic E-state index is 12.3. The molecule has 0 fully saturated rings. The fourth-order valence-corrected chi connectivity index (χ4v) is 6.52. The highest BCUT2D eigenvalue weighted by Gasteiger charge is 2.50. The molecule has 0 aliphatic heterocycles. The van der Waals surface area contributed by atoms with Crippen molar-refractivity contribution in [3.8, 4) is 11.5 Å². The number of fused-ring (bicyclic) bond motifs is 3. The van der Waals surface area contributed by atoms with Crippen molar-refractivity contribution in [2.75, 3.05) is 14.2 Å². The molecule has 5 aromatic rings. The van der Waals surface area contributed by atoms with Gasteiger partial charge in [0.2, 0.25) is 0 Å². The molecule has 0 unspecified atom stereocenters. The number of methoxy groups -OCH3 is 2. The molecule has 6 rings (SSSR count). The summed E-state index contributed by atoms with van der Waals surface area (Å²) >= 11 is 0. The second-order valence-electron chi connectivity index (χ2n) is 11.7. The molecule has 1 aliphatic rings. The van der Waals surface area contributed by atoms with E-state index in [-0.39, 0.29) is 12.8 Å². The van der Waals surface area contributed by atoms with Crippen molar-refractivity contribution in [3.63, 3.8) is 0 Å². The summed E-state index contributed by atoms with van der Waals surface area (Å²) in [5.41, 5.74) is 1.46. The first kappa shape index (κ1) is 31.6. The van der Waals surface area contributed by atoms with Gasteiger partial charge in [0.1, 0.15) is 17.6 Å². The van der Waals surface area contributed by atoms with Crippen LogP contribution in [0.25, 0.3) is 21.5 Å². The molecule has 10 heteroatoms. The summed E-state index contributed by atoms with van der Waals surface area (Å²) in [5, 5.41) is 26.5. The van der Waals surface area contributed by atoms with Gasteiger partial charge in [-0.3, -0.25) is 4.79 Å². The van der Waals surface area contributed by atoms with E-state index in [1.807, 2.05) is 54.6 Å². The van der Waals surface area contributed by atoms with E-state index in [2.05, 4.69) is 18.2 Å². The summed E-state index contributed by atoms with van der Waals surface area (Å²) in [7, 11) is 0.661. The summed E-state index contributed by atoms with van der Waals surface area (Å²) in [6.07, 6.45) is -1.14. The molecule has 0 saturated carbocycles. The van der Waals surface area contributed by atoms with Gasteiger partial charge < -0.3 is 33.6 Å². The number of benzene rings is 5. The highest BCUT2D eigenvalue weighted by Crippen LogP contribution is 2.49. The fraction of sp³-hybridized carbons (Fsp3) is 0.250. The van der Waals surface area contributed by atoms with Gasteiger partial charge in [-0.1, -0.05) is 66.7 Å². The topological polar surface area (TPSA) is 104 Å². The predicted octanol–water partition coefficient (Wildman–Crippen LogP) is 4.50. The summed E-state index contributed by atoms with van der Waals surface area (Å²) in [6, 6.07) is 30.3. The highest BCUT2D eigenvalue weighted by atomic mass is 16.6. The van der Waals surface area contributed by atoms with Crippen LogP contribution in [0, 0.1) is 0 Å². The maximum Gasteiger partial charge on any atom is 0.491 e. The van der Waals surface area contributed by atoms with Crippen molar-refractivity contribution in [3.05, 3.63) is 108 Å². The summed E-state index contributed by atoms with van der Waals surface area (Å²) in [4.78, 5) is 12.3. The van der Waals surface area contributed by atoms with Crippen molar-refractivity contribution in [1.29, 1.82) is 0 Å². The van der Waals surface area contributed by atoms with Crippen LogP contribution in [0.15, 0.2) is 97.1 Å². The minimum Gasteiger partial charge on any atom is -0.497 e. The highest BCUT2D eigenvalue weighted by molar-refractivity contribution is 6.60. The van der Waals surface area contributed by atoms with Crippen molar-refractivity contribution in [2.24, 2.45) is 0 Å². The van der Waals surface area contributed by atoms with Gasteiger partial charge >= 0.3 is 20.2 Å². The average molecular weight is 618 g/mol. The Morgan fingerprint density at radius 1 is 0.826 bits per heavy atom. The van der Waals surface area contributed by atoms with E-state index in [0.717, 1.165) is 38.4 Å². The summed E-state index contributed by atoms with van der Waals surface area (Å²) in [6.45, 7) is 3.09. The monoisotopic (exact) mass is 618 g/mol. The third kappa shape index (κ3) is 6.21. The quantitative estimate of drug-likeness (QED) is 0.134. The normalized spacial score (nSPS) is 18.1. The van der Waals surface area contributed by atoms with E-state index >= 15 is 0 Å². The molecule has 0 radical (unpaired) electrons. The molecular weight excluding hydrogens is 582 g/mol. The number of hydrogen-bond donors (Lipinski definition) is 2. The molecule has 0 bridgehead atoms. The third-order valence-corrected chi connectivity index (χ3v) is 8.84. The Labute approximate surface area is 269 Å². The van der Waals surface area contributed by atoms with E-state index in [4.69, 9.17) is 23.5 Å². The lowest BCUT2D eigenvalue weighted by Crippen LogP contribution is -2.56. The zero-order valence-corrected chi connectivity index (χ0v) is 26.3. The van der Waals surface area contributed by atoms with Gasteiger partial charge in [0, 0.05) is 30.7 Å². The number of carbonyl (C=O) groups excluding carboxylic acids is 1. The van der Waals surface area contributed by atoms with E-state index in [9.17, 15) is 14.8 Å². The number of carbonyl (C=O) groups is 1. The van der Waals surface area contributed by atoms with E-state index in [0.29, 0.717) is 16.7 Å². The van der Waals surface area contributed by atoms with Crippen LogP contribution in [-0.2, 0) is 25.3 Å². The molecule has 0 amide bonds. The van der Waals surface area contributed by atoms with Gasteiger partial charge in [-0.25, -0.2) is 0 Å². The molecule has 0 saturated heterocycles. The van der Waals surface area contributed by atoms with Crippen LogP contribution in [0.2, 0.25) is 0 Å². The Morgan fingerprint density at radius 2 is 1.50 bits per heavy atom. The molecule has 234 valence electrons. The van der Waals surface area contributed by atoms with Gasteiger partial charge in [0.25, 0.3) is 0 Å². The third-order valence-electron chi connectivity index (χ3n) is 8.84. The van der Waals surface area contributed by atoms with Crippen LogP contribution in [0.3, 0.4) is 0 Å². The van der Waals surface area contributed by atoms with Crippen LogP contribution >= 0.6 is 0 Å². The van der Waals surface area contributed by atoms with Crippen molar-refractivity contribution >= 4 is 52.7 Å². The largest absolute Gasteiger partial charge is 0.497 e. The summed E-state index contributed by atoms with van der Waals surface area (Å²) < 4.78 is 30.4. The maximum atomic E-state index is 12.3. The lowest BCUT2D eigenvalue weighted by molar-refractivity contribution is -0.163. The van der Waals surface area contributed by atoms with E-state index < -0.39 is 38.0 Å². The van der Waals surface area contributed by atoms with Crippen LogP contribution in [-0.4, -0.2) is 56.2 Å². The SMILES string of the molecule is COc1ccc2cc3cc4c(c(OC)c3cc2c1)C[C@@](OB(O)c1ccccc1)([C@@H](C)OC(C)=O)C[C@@H]4OB(O)c1ccccc1. The zero-order valence-electron chi connectivity index (χ0n) is 26.3. The first-order valence-corrected chi connectivity index (χ1v) is 15.3. The van der Waals surface area contributed by atoms with Crippen LogP contribution in [0.4, 0.5) is 0 Å². The van der Waals surface area contributed by atoms with Crippen molar-refractivity contribution in [2.45, 2.75) is 44.5 Å². The molecular formula is C36H36B2O8. The van der Waals surface area contributed by atoms with Gasteiger partial charge in [0.15, 0.2) is 0 Å². The Kier molecular flexibility index (Phi) is 9.06. The van der Waals surface area contributed by atoms with Crippen molar-refractivity contribution in [1.82, 2.24) is 0 Å². The number of rotatable bonds is 10. The minimum atomic E-state index is -1.33. The second-order valence-corrected chi connectivity index (χ2v) is 11.7. The molecule has 2 N–H and O–H groups in total. The number of esters is 1. The average Bonchev–Trinajstić information content (AvgIpc) is 3.06. The van der Waals surface area contributed by atoms with Gasteiger partial charge in [-0.15, -0.1) is 0 Å². The summed E-state index contributed by atoms with van der Waals surface area (Å²) in [5.74, 6) is 0.866. The molecule has 0 heterocycles. The lowest BCUT2D eigenvalue weighted by Gasteiger charge is -2.46. The Morgan fingerprint density at radius 3 is 2.13 bits per heavy atom. The van der Waals surface area contributed by atoms with E-state index in [1.54, 1.807) is 45.4 Å².